The third kappa shape index (κ3) is 4.38. The second-order valence-electron chi connectivity index (χ2n) is 7.68. The molecule has 0 radical (unpaired) electrons. The summed E-state index contributed by atoms with van der Waals surface area (Å²) in [6.07, 6.45) is 0.0813. The van der Waals surface area contributed by atoms with Gasteiger partial charge in [0.25, 0.3) is 11.8 Å². The Kier molecular flexibility index (Phi) is 5.59. The number of hydrogen-bond acceptors (Lipinski definition) is 5. The van der Waals surface area contributed by atoms with Crippen molar-refractivity contribution < 1.29 is 23.5 Å². The average Bonchev–Trinajstić information content (AvgIpc) is 2.70. The Morgan fingerprint density at radius 2 is 1.97 bits per heavy atom. The summed E-state index contributed by atoms with van der Waals surface area (Å²) in [5.41, 5.74) is 2.04. The van der Waals surface area contributed by atoms with Crippen molar-refractivity contribution in [3.05, 3.63) is 53.3 Å². The molecule has 8 heteroatoms. The first-order valence-electron chi connectivity index (χ1n) is 9.93. The van der Waals surface area contributed by atoms with Crippen molar-refractivity contribution in [2.75, 3.05) is 29.9 Å². The fraction of sp³-hybridized carbons (Fsp3) is 0.364. The lowest BCUT2D eigenvalue weighted by Crippen LogP contribution is -2.45. The van der Waals surface area contributed by atoms with Crippen molar-refractivity contribution >= 4 is 23.2 Å². The smallest absolute Gasteiger partial charge is 0.262 e. The monoisotopic (exact) mass is 413 g/mol. The number of morpholine rings is 1. The SMILES string of the molecule is CC1CN(c2ccc(CNC(=O)c3ccc4c(c3)NC(=O)CO4)cc2F)CC(C)O1. The molecule has 7 nitrogen and oxygen atoms in total. The second kappa shape index (κ2) is 8.31. The molecule has 158 valence electrons. The van der Waals surface area contributed by atoms with Gasteiger partial charge in [-0.1, -0.05) is 6.07 Å². The minimum atomic E-state index is -0.323. The van der Waals surface area contributed by atoms with Gasteiger partial charge >= 0.3 is 0 Å². The summed E-state index contributed by atoms with van der Waals surface area (Å²) in [5.74, 6) is -0.384. The molecule has 1 fully saturated rings. The van der Waals surface area contributed by atoms with E-state index in [1.807, 2.05) is 24.8 Å². The maximum absolute atomic E-state index is 14.7. The van der Waals surface area contributed by atoms with Crippen LogP contribution in [0.4, 0.5) is 15.8 Å². The van der Waals surface area contributed by atoms with Gasteiger partial charge in [0.15, 0.2) is 6.61 Å². The summed E-state index contributed by atoms with van der Waals surface area (Å²) < 4.78 is 25.7. The molecule has 2 heterocycles. The van der Waals surface area contributed by atoms with Crippen molar-refractivity contribution in [1.82, 2.24) is 5.32 Å². The molecule has 1 saturated heterocycles. The van der Waals surface area contributed by atoms with Gasteiger partial charge in [0.2, 0.25) is 0 Å². The number of nitrogens with one attached hydrogen (secondary N) is 2. The third-order valence-corrected chi connectivity index (χ3v) is 5.10. The first-order valence-corrected chi connectivity index (χ1v) is 9.93. The minimum absolute atomic E-state index is 0.0393. The molecule has 2 aromatic rings. The summed E-state index contributed by atoms with van der Waals surface area (Å²) in [6, 6.07) is 9.82. The van der Waals surface area contributed by atoms with E-state index in [0.29, 0.717) is 41.3 Å². The van der Waals surface area contributed by atoms with Crippen LogP contribution in [-0.2, 0) is 16.1 Å². The van der Waals surface area contributed by atoms with Gasteiger partial charge in [-0.15, -0.1) is 0 Å². The summed E-state index contributed by atoms with van der Waals surface area (Å²) in [4.78, 5) is 25.9. The van der Waals surface area contributed by atoms with Crippen molar-refractivity contribution in [3.63, 3.8) is 0 Å². The number of carbonyl (C=O) groups excluding carboxylic acids is 2. The lowest BCUT2D eigenvalue weighted by molar-refractivity contribution is -0.118. The quantitative estimate of drug-likeness (QED) is 0.806. The molecule has 0 aromatic heterocycles. The van der Waals surface area contributed by atoms with Crippen molar-refractivity contribution in [1.29, 1.82) is 0 Å². The van der Waals surface area contributed by atoms with E-state index in [1.165, 1.54) is 6.07 Å². The average molecular weight is 413 g/mol. The normalized spacial score (nSPS) is 20.8. The lowest BCUT2D eigenvalue weighted by Gasteiger charge is -2.37. The van der Waals surface area contributed by atoms with E-state index >= 15 is 0 Å². The number of halogens is 1. The van der Waals surface area contributed by atoms with Crippen LogP contribution in [0.1, 0.15) is 29.8 Å². The molecule has 2 aliphatic heterocycles. The van der Waals surface area contributed by atoms with Gasteiger partial charge in [-0.25, -0.2) is 4.39 Å². The van der Waals surface area contributed by atoms with Crippen molar-refractivity contribution in [2.24, 2.45) is 0 Å². The van der Waals surface area contributed by atoms with Gasteiger partial charge in [-0.3, -0.25) is 9.59 Å². The van der Waals surface area contributed by atoms with Gasteiger partial charge in [0.1, 0.15) is 11.6 Å². The van der Waals surface area contributed by atoms with E-state index in [2.05, 4.69) is 10.6 Å². The van der Waals surface area contributed by atoms with E-state index in [1.54, 1.807) is 24.3 Å². The number of amides is 2. The molecule has 2 aromatic carbocycles. The standard InChI is InChI=1S/C22H24FN3O4/c1-13-10-26(11-14(2)30-13)19-5-3-15(7-17(19)23)9-24-22(28)16-4-6-20-18(8-16)25-21(27)12-29-20/h3-8,13-14H,9-12H2,1-2H3,(H,24,28)(H,25,27). The van der Waals surface area contributed by atoms with Crippen LogP contribution in [0.5, 0.6) is 5.75 Å². The Balaban J connectivity index is 1.40. The summed E-state index contributed by atoms with van der Waals surface area (Å²) in [5, 5.41) is 5.45. The molecule has 0 saturated carbocycles. The van der Waals surface area contributed by atoms with Gasteiger partial charge in [0, 0.05) is 25.2 Å². The zero-order valence-corrected chi connectivity index (χ0v) is 16.9. The van der Waals surface area contributed by atoms with Crippen LogP contribution in [0.15, 0.2) is 36.4 Å². The molecule has 30 heavy (non-hydrogen) atoms. The molecule has 2 aliphatic rings. The van der Waals surface area contributed by atoms with Crippen LogP contribution in [0.2, 0.25) is 0 Å². The lowest BCUT2D eigenvalue weighted by atomic mass is 10.1. The van der Waals surface area contributed by atoms with E-state index in [-0.39, 0.29) is 43.0 Å². The van der Waals surface area contributed by atoms with Crippen LogP contribution >= 0.6 is 0 Å². The molecule has 2 unspecified atom stereocenters. The molecule has 0 bridgehead atoms. The largest absolute Gasteiger partial charge is 0.482 e. The molecule has 2 amide bonds. The van der Waals surface area contributed by atoms with Gasteiger partial charge < -0.3 is 25.0 Å². The molecule has 2 N–H and O–H groups in total. The molecule has 0 spiro atoms. The Morgan fingerprint density at radius 3 is 2.70 bits per heavy atom. The molecule has 0 aliphatic carbocycles. The van der Waals surface area contributed by atoms with E-state index in [0.717, 1.165) is 0 Å². The zero-order chi connectivity index (χ0) is 21.3. The number of rotatable bonds is 4. The number of ether oxygens (including phenoxy) is 2. The molecular weight excluding hydrogens is 389 g/mol. The van der Waals surface area contributed by atoms with Crippen LogP contribution < -0.4 is 20.3 Å². The fourth-order valence-electron chi connectivity index (χ4n) is 3.80. The van der Waals surface area contributed by atoms with Gasteiger partial charge in [0.05, 0.1) is 23.6 Å². The summed E-state index contributed by atoms with van der Waals surface area (Å²) in [7, 11) is 0. The Morgan fingerprint density at radius 1 is 1.20 bits per heavy atom. The Hall–Kier alpha value is -3.13. The number of nitrogens with zero attached hydrogens (tertiary/aromatic N) is 1. The van der Waals surface area contributed by atoms with Crippen molar-refractivity contribution in [2.45, 2.75) is 32.6 Å². The predicted molar refractivity (Wildman–Crippen MR) is 110 cm³/mol. The summed E-state index contributed by atoms with van der Waals surface area (Å²) in [6.45, 7) is 5.37. The highest BCUT2D eigenvalue weighted by Gasteiger charge is 2.24. The van der Waals surface area contributed by atoms with Gasteiger partial charge in [-0.05, 0) is 49.7 Å². The minimum Gasteiger partial charge on any atom is -0.482 e. The molecule has 2 atom stereocenters. The predicted octanol–water partition coefficient (Wildman–Crippen LogP) is 2.70. The van der Waals surface area contributed by atoms with E-state index in [9.17, 15) is 14.0 Å². The van der Waals surface area contributed by atoms with E-state index in [4.69, 9.17) is 9.47 Å². The maximum Gasteiger partial charge on any atom is 0.262 e. The van der Waals surface area contributed by atoms with Crippen LogP contribution in [0.3, 0.4) is 0 Å². The fourth-order valence-corrected chi connectivity index (χ4v) is 3.80. The first-order chi connectivity index (χ1) is 14.4. The highest BCUT2D eigenvalue weighted by atomic mass is 19.1. The highest BCUT2D eigenvalue weighted by Crippen LogP contribution is 2.28. The number of carbonyl (C=O) groups is 2. The topological polar surface area (TPSA) is 79.9 Å². The Labute approximate surface area is 174 Å². The maximum atomic E-state index is 14.7. The van der Waals surface area contributed by atoms with Crippen LogP contribution in [0.25, 0.3) is 0 Å². The van der Waals surface area contributed by atoms with Gasteiger partial charge in [-0.2, -0.15) is 0 Å². The second-order valence-corrected chi connectivity index (χ2v) is 7.68. The number of anilines is 2. The van der Waals surface area contributed by atoms with E-state index < -0.39 is 0 Å². The first kappa shape index (κ1) is 20.2. The highest BCUT2D eigenvalue weighted by molar-refractivity contribution is 5.99. The van der Waals surface area contributed by atoms with Crippen LogP contribution in [0, 0.1) is 5.82 Å². The number of benzene rings is 2. The number of hydrogen-bond donors (Lipinski definition) is 2. The number of fused-ring (bicyclic) bond motifs is 1. The molecule has 4 rings (SSSR count). The van der Waals surface area contributed by atoms with Crippen molar-refractivity contribution in [3.8, 4) is 5.75 Å². The third-order valence-electron chi connectivity index (χ3n) is 5.10. The summed E-state index contributed by atoms with van der Waals surface area (Å²) >= 11 is 0. The molecular formula is C22H24FN3O4. The Bertz CT molecular complexity index is 971. The van der Waals surface area contributed by atoms with Crippen LogP contribution in [-0.4, -0.2) is 43.7 Å². The zero-order valence-electron chi connectivity index (χ0n) is 16.9.